The molecule has 0 nitrogen and oxygen atoms in total. The SMILES string of the molecule is [CH2]C#CCCCCCSC. The van der Waals surface area contributed by atoms with Crippen molar-refractivity contribution in [2.24, 2.45) is 0 Å². The van der Waals surface area contributed by atoms with Crippen molar-refractivity contribution in [1.82, 2.24) is 0 Å². The third kappa shape index (κ3) is 7.91. The molecule has 0 aromatic heterocycles. The standard InChI is InChI=1S/C9H15S/c1-3-4-5-6-7-8-9-10-2/h1,5-9H2,2H3. The Labute approximate surface area is 68.8 Å². The summed E-state index contributed by atoms with van der Waals surface area (Å²) in [5.74, 6) is 6.90. The molecule has 1 heteroatoms. The average molecular weight is 155 g/mol. The Morgan fingerprint density at radius 1 is 1.30 bits per heavy atom. The van der Waals surface area contributed by atoms with Gasteiger partial charge in [-0.05, 0) is 24.9 Å². The zero-order chi connectivity index (χ0) is 7.66. The van der Waals surface area contributed by atoms with E-state index in [1.165, 1.54) is 25.0 Å². The second-order valence-corrected chi connectivity index (χ2v) is 3.14. The Bertz CT molecular complexity index is 108. The molecular weight excluding hydrogens is 140 g/mol. The summed E-state index contributed by atoms with van der Waals surface area (Å²) in [6, 6.07) is 0. The lowest BCUT2D eigenvalue weighted by Gasteiger charge is -1.93. The third-order valence-corrected chi connectivity index (χ3v) is 1.97. The fraction of sp³-hybridized carbons (Fsp3) is 0.667. The average Bonchev–Trinajstić information content (AvgIpc) is 1.97. The first-order chi connectivity index (χ1) is 4.91. The molecule has 0 fully saturated rings. The summed E-state index contributed by atoms with van der Waals surface area (Å²) in [4.78, 5) is 0. The summed E-state index contributed by atoms with van der Waals surface area (Å²) < 4.78 is 0. The summed E-state index contributed by atoms with van der Waals surface area (Å²) in [6.45, 7) is 3.45. The highest BCUT2D eigenvalue weighted by Gasteiger charge is 1.85. The summed E-state index contributed by atoms with van der Waals surface area (Å²) in [5.41, 5.74) is 0. The van der Waals surface area contributed by atoms with Crippen molar-refractivity contribution in [2.45, 2.75) is 25.7 Å². The summed E-state index contributed by atoms with van der Waals surface area (Å²) in [6.07, 6.45) is 7.06. The van der Waals surface area contributed by atoms with Crippen LogP contribution in [-0.2, 0) is 0 Å². The zero-order valence-corrected chi connectivity index (χ0v) is 7.47. The van der Waals surface area contributed by atoms with E-state index in [0.29, 0.717) is 0 Å². The monoisotopic (exact) mass is 155 g/mol. The van der Waals surface area contributed by atoms with Crippen LogP contribution in [0.4, 0.5) is 0 Å². The van der Waals surface area contributed by atoms with Crippen molar-refractivity contribution in [1.29, 1.82) is 0 Å². The van der Waals surface area contributed by atoms with Gasteiger partial charge in [0.1, 0.15) is 0 Å². The van der Waals surface area contributed by atoms with E-state index < -0.39 is 0 Å². The van der Waals surface area contributed by atoms with Crippen LogP contribution >= 0.6 is 11.8 Å². The van der Waals surface area contributed by atoms with Crippen LogP contribution in [-0.4, -0.2) is 12.0 Å². The lowest BCUT2D eigenvalue weighted by Crippen LogP contribution is -1.78. The van der Waals surface area contributed by atoms with Gasteiger partial charge in [0.2, 0.25) is 0 Å². The van der Waals surface area contributed by atoms with Gasteiger partial charge in [-0.15, -0.1) is 11.8 Å². The number of hydrogen-bond donors (Lipinski definition) is 0. The van der Waals surface area contributed by atoms with E-state index in [1.807, 2.05) is 11.8 Å². The van der Waals surface area contributed by atoms with E-state index in [2.05, 4.69) is 25.0 Å². The summed E-state index contributed by atoms with van der Waals surface area (Å²) >= 11 is 1.92. The fourth-order valence-corrected chi connectivity index (χ4v) is 1.22. The Morgan fingerprint density at radius 2 is 2.10 bits per heavy atom. The molecule has 0 aliphatic carbocycles. The van der Waals surface area contributed by atoms with Gasteiger partial charge < -0.3 is 0 Å². The van der Waals surface area contributed by atoms with Crippen LogP contribution in [0.25, 0.3) is 0 Å². The Balaban J connectivity index is 2.82. The highest BCUT2D eigenvalue weighted by molar-refractivity contribution is 7.98. The van der Waals surface area contributed by atoms with Gasteiger partial charge in [0.25, 0.3) is 0 Å². The summed E-state index contributed by atoms with van der Waals surface area (Å²) in [7, 11) is 0. The molecule has 0 N–H and O–H groups in total. The second kappa shape index (κ2) is 8.91. The fourth-order valence-electron chi connectivity index (χ4n) is 0.725. The van der Waals surface area contributed by atoms with E-state index in [-0.39, 0.29) is 0 Å². The molecular formula is C9H15S. The van der Waals surface area contributed by atoms with E-state index in [0.717, 1.165) is 6.42 Å². The quantitative estimate of drug-likeness (QED) is 0.434. The van der Waals surface area contributed by atoms with E-state index >= 15 is 0 Å². The molecule has 10 heavy (non-hydrogen) atoms. The largest absolute Gasteiger partial charge is 0.165 e. The van der Waals surface area contributed by atoms with Crippen LogP contribution in [0.5, 0.6) is 0 Å². The predicted octanol–water partition coefficient (Wildman–Crippen LogP) is 2.75. The predicted molar refractivity (Wildman–Crippen MR) is 50.0 cm³/mol. The van der Waals surface area contributed by atoms with E-state index in [4.69, 9.17) is 0 Å². The molecule has 0 spiro atoms. The topological polar surface area (TPSA) is 0 Å². The minimum atomic E-state index is 1.03. The highest BCUT2D eigenvalue weighted by Crippen LogP contribution is 2.03. The number of hydrogen-bond acceptors (Lipinski definition) is 1. The number of thioether (sulfide) groups is 1. The molecule has 0 saturated heterocycles. The van der Waals surface area contributed by atoms with Crippen LogP contribution in [0.2, 0.25) is 0 Å². The van der Waals surface area contributed by atoms with E-state index in [9.17, 15) is 0 Å². The van der Waals surface area contributed by atoms with Gasteiger partial charge in [-0.1, -0.05) is 6.42 Å². The second-order valence-electron chi connectivity index (χ2n) is 2.16. The van der Waals surface area contributed by atoms with Crippen LogP contribution < -0.4 is 0 Å². The molecule has 0 unspecified atom stereocenters. The minimum absolute atomic E-state index is 1.03. The molecule has 0 amide bonds. The molecule has 1 radical (unpaired) electrons. The van der Waals surface area contributed by atoms with Crippen molar-refractivity contribution in [3.8, 4) is 11.8 Å². The first-order valence-corrected chi connectivity index (χ1v) is 5.05. The zero-order valence-electron chi connectivity index (χ0n) is 6.65. The molecule has 0 heterocycles. The maximum absolute atomic E-state index is 3.45. The maximum atomic E-state index is 3.45. The van der Waals surface area contributed by atoms with Gasteiger partial charge in [-0.25, -0.2) is 0 Å². The minimum Gasteiger partial charge on any atom is -0.165 e. The number of unbranched alkanes of at least 4 members (excludes halogenated alkanes) is 3. The highest BCUT2D eigenvalue weighted by atomic mass is 32.2. The first kappa shape index (κ1) is 9.91. The van der Waals surface area contributed by atoms with Gasteiger partial charge in [0, 0.05) is 13.3 Å². The molecule has 0 bridgehead atoms. The normalized spacial score (nSPS) is 8.60. The first-order valence-electron chi connectivity index (χ1n) is 3.65. The van der Waals surface area contributed by atoms with Gasteiger partial charge >= 0.3 is 0 Å². The van der Waals surface area contributed by atoms with E-state index in [1.54, 1.807) is 0 Å². The van der Waals surface area contributed by atoms with Gasteiger partial charge in [-0.2, -0.15) is 11.8 Å². The van der Waals surface area contributed by atoms with Crippen molar-refractivity contribution < 1.29 is 0 Å². The molecule has 0 atom stereocenters. The summed E-state index contributed by atoms with van der Waals surface area (Å²) in [5, 5.41) is 0. The third-order valence-electron chi connectivity index (χ3n) is 1.28. The Kier molecular flexibility index (Phi) is 8.83. The lowest BCUT2D eigenvalue weighted by atomic mass is 10.2. The number of rotatable bonds is 5. The van der Waals surface area contributed by atoms with Crippen molar-refractivity contribution in [3.05, 3.63) is 6.92 Å². The molecule has 0 aliphatic heterocycles. The Morgan fingerprint density at radius 3 is 2.70 bits per heavy atom. The molecule has 0 aromatic carbocycles. The lowest BCUT2D eigenvalue weighted by molar-refractivity contribution is 0.743. The van der Waals surface area contributed by atoms with Gasteiger partial charge in [0.05, 0.1) is 0 Å². The maximum Gasteiger partial charge on any atom is 0.0198 e. The van der Waals surface area contributed by atoms with Crippen LogP contribution in [0.3, 0.4) is 0 Å². The van der Waals surface area contributed by atoms with Gasteiger partial charge in [-0.3, -0.25) is 0 Å². The van der Waals surface area contributed by atoms with Gasteiger partial charge in [0.15, 0.2) is 0 Å². The molecule has 0 saturated carbocycles. The van der Waals surface area contributed by atoms with Crippen LogP contribution in [0.1, 0.15) is 25.7 Å². The molecule has 0 aromatic rings. The smallest absolute Gasteiger partial charge is 0.0198 e. The van der Waals surface area contributed by atoms with Crippen LogP contribution in [0.15, 0.2) is 0 Å². The molecule has 0 aliphatic rings. The molecule has 57 valence electrons. The molecule has 0 rings (SSSR count). The van der Waals surface area contributed by atoms with Crippen molar-refractivity contribution in [3.63, 3.8) is 0 Å². The Hall–Kier alpha value is -0.0900. The van der Waals surface area contributed by atoms with Crippen molar-refractivity contribution in [2.75, 3.05) is 12.0 Å². The van der Waals surface area contributed by atoms with Crippen LogP contribution in [0, 0.1) is 18.8 Å². The van der Waals surface area contributed by atoms with Crippen molar-refractivity contribution >= 4 is 11.8 Å².